The SMILES string of the molecule is O=Cc1cc(C23CC4CC(CC(C4)C2)C3)c(O)cc1O. The van der Waals surface area contributed by atoms with Crippen molar-refractivity contribution in [3.63, 3.8) is 0 Å². The molecule has 4 aliphatic rings. The van der Waals surface area contributed by atoms with Crippen molar-refractivity contribution in [1.29, 1.82) is 0 Å². The van der Waals surface area contributed by atoms with Crippen LogP contribution in [0.25, 0.3) is 0 Å². The Balaban J connectivity index is 1.82. The highest BCUT2D eigenvalue weighted by molar-refractivity contribution is 5.80. The summed E-state index contributed by atoms with van der Waals surface area (Å²) in [6.07, 6.45) is 8.12. The number of aldehydes is 1. The zero-order valence-electron chi connectivity index (χ0n) is 11.5. The Labute approximate surface area is 118 Å². The number of phenolic OH excluding ortho intramolecular Hbond substituents is 2. The second-order valence-corrected chi connectivity index (χ2v) is 7.24. The lowest BCUT2D eigenvalue weighted by atomic mass is 9.48. The Morgan fingerprint density at radius 1 is 0.950 bits per heavy atom. The minimum Gasteiger partial charge on any atom is -0.508 e. The maximum absolute atomic E-state index is 11.1. The van der Waals surface area contributed by atoms with Crippen LogP contribution in [0.1, 0.15) is 54.4 Å². The average Bonchev–Trinajstić information content (AvgIpc) is 2.36. The van der Waals surface area contributed by atoms with Gasteiger partial charge in [0.15, 0.2) is 6.29 Å². The molecule has 4 saturated carbocycles. The van der Waals surface area contributed by atoms with E-state index in [0.717, 1.165) is 42.6 Å². The highest BCUT2D eigenvalue weighted by Gasteiger charge is 2.52. The normalized spacial score (nSPS) is 38.1. The predicted molar refractivity (Wildman–Crippen MR) is 75.0 cm³/mol. The van der Waals surface area contributed by atoms with Gasteiger partial charge in [-0.15, -0.1) is 0 Å². The van der Waals surface area contributed by atoms with Gasteiger partial charge in [0.05, 0.1) is 5.56 Å². The van der Waals surface area contributed by atoms with E-state index in [-0.39, 0.29) is 16.9 Å². The van der Waals surface area contributed by atoms with Crippen LogP contribution in [0, 0.1) is 17.8 Å². The fraction of sp³-hybridized carbons (Fsp3) is 0.588. The average molecular weight is 272 g/mol. The first-order valence-electron chi connectivity index (χ1n) is 7.61. The van der Waals surface area contributed by atoms with Gasteiger partial charge in [-0.05, 0) is 67.8 Å². The third kappa shape index (κ3) is 1.62. The Hall–Kier alpha value is -1.51. The molecule has 4 fully saturated rings. The first-order chi connectivity index (χ1) is 9.59. The molecule has 3 nitrogen and oxygen atoms in total. The van der Waals surface area contributed by atoms with Crippen molar-refractivity contribution in [3.05, 3.63) is 23.3 Å². The standard InChI is InChI=1S/C17H20O3/c18-9-13-4-14(16(20)5-15(13)19)17-6-10-1-11(7-17)3-12(2-10)8-17/h4-5,9-12,19-20H,1-3,6-8H2. The van der Waals surface area contributed by atoms with Crippen LogP contribution in [0.4, 0.5) is 0 Å². The number of aromatic hydroxyl groups is 2. The molecule has 0 radical (unpaired) electrons. The number of phenols is 2. The second kappa shape index (κ2) is 4.00. The molecule has 2 N–H and O–H groups in total. The summed E-state index contributed by atoms with van der Waals surface area (Å²) < 4.78 is 0. The summed E-state index contributed by atoms with van der Waals surface area (Å²) in [6.45, 7) is 0. The van der Waals surface area contributed by atoms with Crippen LogP contribution in [-0.4, -0.2) is 16.5 Å². The van der Waals surface area contributed by atoms with Crippen molar-refractivity contribution in [3.8, 4) is 11.5 Å². The molecule has 1 aromatic rings. The van der Waals surface area contributed by atoms with Crippen LogP contribution < -0.4 is 0 Å². The molecule has 4 bridgehead atoms. The van der Waals surface area contributed by atoms with E-state index in [2.05, 4.69) is 0 Å². The first kappa shape index (κ1) is 12.2. The second-order valence-electron chi connectivity index (χ2n) is 7.24. The largest absolute Gasteiger partial charge is 0.508 e. The van der Waals surface area contributed by atoms with Crippen molar-refractivity contribution >= 4 is 6.29 Å². The molecule has 0 unspecified atom stereocenters. The Bertz CT molecular complexity index is 541. The zero-order chi connectivity index (χ0) is 13.9. The molecule has 0 amide bonds. The van der Waals surface area contributed by atoms with E-state index in [1.54, 1.807) is 6.07 Å². The van der Waals surface area contributed by atoms with E-state index in [9.17, 15) is 15.0 Å². The summed E-state index contributed by atoms with van der Waals surface area (Å²) in [5, 5.41) is 20.0. The molecule has 4 aliphatic carbocycles. The number of rotatable bonds is 2. The molecular formula is C17H20O3. The quantitative estimate of drug-likeness (QED) is 0.811. The first-order valence-corrected chi connectivity index (χ1v) is 7.61. The van der Waals surface area contributed by atoms with Crippen LogP contribution in [0.3, 0.4) is 0 Å². The number of carbonyl (C=O) groups excluding carboxylic acids is 1. The van der Waals surface area contributed by atoms with Crippen LogP contribution >= 0.6 is 0 Å². The van der Waals surface area contributed by atoms with E-state index >= 15 is 0 Å². The molecule has 3 heteroatoms. The van der Waals surface area contributed by atoms with Crippen LogP contribution in [-0.2, 0) is 5.41 Å². The van der Waals surface area contributed by atoms with Crippen molar-refractivity contribution in [1.82, 2.24) is 0 Å². The highest BCUT2D eigenvalue weighted by atomic mass is 16.3. The van der Waals surface area contributed by atoms with Gasteiger partial charge in [0.25, 0.3) is 0 Å². The number of hydrogen-bond acceptors (Lipinski definition) is 3. The van der Waals surface area contributed by atoms with Gasteiger partial charge in [-0.2, -0.15) is 0 Å². The third-order valence-corrected chi connectivity index (χ3v) is 5.88. The van der Waals surface area contributed by atoms with E-state index in [1.165, 1.54) is 25.3 Å². The predicted octanol–water partition coefficient (Wildman–Crippen LogP) is 3.38. The van der Waals surface area contributed by atoms with E-state index < -0.39 is 0 Å². The lowest BCUT2D eigenvalue weighted by Crippen LogP contribution is -2.48. The minimum atomic E-state index is -0.119. The van der Waals surface area contributed by atoms with Crippen molar-refractivity contribution in [2.24, 2.45) is 17.8 Å². The van der Waals surface area contributed by atoms with Gasteiger partial charge in [-0.3, -0.25) is 4.79 Å². The fourth-order valence-corrected chi connectivity index (χ4v) is 5.55. The maximum Gasteiger partial charge on any atom is 0.153 e. The summed E-state index contributed by atoms with van der Waals surface area (Å²) in [7, 11) is 0. The molecule has 0 aromatic heterocycles. The van der Waals surface area contributed by atoms with Crippen LogP contribution in [0.15, 0.2) is 12.1 Å². The zero-order valence-corrected chi connectivity index (χ0v) is 11.5. The topological polar surface area (TPSA) is 57.5 Å². The molecule has 0 aliphatic heterocycles. The molecule has 0 heterocycles. The van der Waals surface area contributed by atoms with Crippen molar-refractivity contribution in [2.45, 2.75) is 43.9 Å². The van der Waals surface area contributed by atoms with Gasteiger partial charge in [0.1, 0.15) is 11.5 Å². The maximum atomic E-state index is 11.1. The third-order valence-electron chi connectivity index (χ3n) is 5.88. The number of carbonyl (C=O) groups is 1. The highest BCUT2D eigenvalue weighted by Crippen LogP contribution is 2.62. The van der Waals surface area contributed by atoms with Gasteiger partial charge in [0, 0.05) is 11.6 Å². The van der Waals surface area contributed by atoms with Gasteiger partial charge < -0.3 is 10.2 Å². The van der Waals surface area contributed by atoms with Gasteiger partial charge in [-0.1, -0.05) is 0 Å². The molecular weight excluding hydrogens is 252 g/mol. The summed E-state index contributed by atoms with van der Waals surface area (Å²) in [6, 6.07) is 3.07. The summed E-state index contributed by atoms with van der Waals surface area (Å²) in [4.78, 5) is 11.1. The van der Waals surface area contributed by atoms with Crippen LogP contribution in [0.2, 0.25) is 0 Å². The summed E-state index contributed by atoms with van der Waals surface area (Å²) >= 11 is 0. The summed E-state index contributed by atoms with van der Waals surface area (Å²) in [5.74, 6) is 2.40. The Morgan fingerprint density at radius 2 is 1.50 bits per heavy atom. The lowest BCUT2D eigenvalue weighted by molar-refractivity contribution is -0.00616. The lowest BCUT2D eigenvalue weighted by Gasteiger charge is -2.57. The molecule has 0 spiro atoms. The van der Waals surface area contributed by atoms with E-state index in [4.69, 9.17) is 0 Å². The molecule has 0 atom stereocenters. The molecule has 1 aromatic carbocycles. The smallest absolute Gasteiger partial charge is 0.153 e. The number of benzene rings is 1. The van der Waals surface area contributed by atoms with Crippen molar-refractivity contribution < 1.29 is 15.0 Å². The molecule has 0 saturated heterocycles. The van der Waals surface area contributed by atoms with Gasteiger partial charge in [0.2, 0.25) is 0 Å². The minimum absolute atomic E-state index is 0.0459. The molecule has 5 rings (SSSR count). The summed E-state index contributed by atoms with van der Waals surface area (Å²) in [5.41, 5.74) is 1.25. The van der Waals surface area contributed by atoms with E-state index in [0.29, 0.717) is 11.8 Å². The monoisotopic (exact) mass is 272 g/mol. The van der Waals surface area contributed by atoms with Gasteiger partial charge in [-0.25, -0.2) is 0 Å². The van der Waals surface area contributed by atoms with Crippen LogP contribution in [0.5, 0.6) is 11.5 Å². The van der Waals surface area contributed by atoms with E-state index in [1.807, 2.05) is 0 Å². The van der Waals surface area contributed by atoms with Gasteiger partial charge >= 0.3 is 0 Å². The number of hydrogen-bond donors (Lipinski definition) is 2. The molecule has 20 heavy (non-hydrogen) atoms. The Kier molecular flexibility index (Phi) is 2.45. The Morgan fingerprint density at radius 3 is 2.00 bits per heavy atom. The molecule has 106 valence electrons. The van der Waals surface area contributed by atoms with Crippen molar-refractivity contribution in [2.75, 3.05) is 0 Å². The fourth-order valence-electron chi connectivity index (χ4n) is 5.55.